The molecule has 32 heavy (non-hydrogen) atoms. The third kappa shape index (κ3) is 4.07. The number of carbonyl (C=O) groups is 1. The van der Waals surface area contributed by atoms with E-state index in [1.54, 1.807) is 0 Å². The van der Waals surface area contributed by atoms with Crippen molar-refractivity contribution >= 4 is 27.9 Å². The number of fused-ring (bicyclic) bond motifs is 2. The molecule has 0 aliphatic carbocycles. The fourth-order valence-corrected chi connectivity index (χ4v) is 3.79. The lowest BCUT2D eigenvalue weighted by Gasteiger charge is -2.14. The van der Waals surface area contributed by atoms with Crippen LogP contribution in [0.1, 0.15) is 24.6 Å². The van der Waals surface area contributed by atoms with E-state index in [9.17, 15) is 4.79 Å². The first-order valence-electron chi connectivity index (χ1n) is 10.6. The Balaban J connectivity index is 1.34. The number of aromatic nitrogens is 2. The van der Waals surface area contributed by atoms with Crippen molar-refractivity contribution in [2.75, 3.05) is 0 Å². The number of nitrogens with zero attached hydrogens (tertiary/aromatic N) is 2. The topological polar surface area (TPSA) is 69.3 Å². The molecule has 6 nitrogen and oxygen atoms in total. The average molecular weight is 425 g/mol. The van der Waals surface area contributed by atoms with Crippen molar-refractivity contribution in [2.45, 2.75) is 26.1 Å². The van der Waals surface area contributed by atoms with Gasteiger partial charge in [0.2, 0.25) is 5.91 Å². The smallest absolute Gasteiger partial charge is 0.240 e. The molecule has 0 unspecified atom stereocenters. The highest BCUT2D eigenvalue weighted by Gasteiger charge is 2.18. The molecular formula is C26H23N3O3. The second kappa shape index (κ2) is 8.59. The van der Waals surface area contributed by atoms with Crippen molar-refractivity contribution in [3.05, 3.63) is 96.5 Å². The maximum absolute atomic E-state index is 12.9. The van der Waals surface area contributed by atoms with Crippen LogP contribution >= 0.6 is 0 Å². The number of benzene rings is 3. The second-order valence-electron chi connectivity index (χ2n) is 7.68. The average Bonchev–Trinajstić information content (AvgIpc) is 3.40. The Bertz CT molecular complexity index is 1340. The van der Waals surface area contributed by atoms with E-state index in [1.165, 1.54) is 0 Å². The molecule has 1 amide bonds. The summed E-state index contributed by atoms with van der Waals surface area (Å²) < 4.78 is 13.7. The van der Waals surface area contributed by atoms with Gasteiger partial charge in [0.1, 0.15) is 36.1 Å². The molecule has 6 heteroatoms. The summed E-state index contributed by atoms with van der Waals surface area (Å²) in [5.74, 6) is 2.06. The van der Waals surface area contributed by atoms with Crippen LogP contribution < -0.4 is 10.1 Å². The van der Waals surface area contributed by atoms with Crippen LogP contribution in [-0.4, -0.2) is 15.5 Å². The van der Waals surface area contributed by atoms with Crippen LogP contribution in [0.15, 0.2) is 89.3 Å². The van der Waals surface area contributed by atoms with Crippen LogP contribution in [-0.2, 0) is 17.9 Å². The normalized spacial score (nSPS) is 12.2. The Labute approximate surface area is 185 Å². The van der Waals surface area contributed by atoms with Crippen LogP contribution in [0.4, 0.5) is 0 Å². The molecule has 2 aromatic heterocycles. The van der Waals surface area contributed by atoms with Gasteiger partial charge in [-0.15, -0.1) is 0 Å². The Hall–Kier alpha value is -4.06. The van der Waals surface area contributed by atoms with Gasteiger partial charge in [0.05, 0.1) is 17.1 Å². The van der Waals surface area contributed by atoms with E-state index in [4.69, 9.17) is 9.15 Å². The zero-order chi connectivity index (χ0) is 21.9. The molecular weight excluding hydrogens is 402 g/mol. The van der Waals surface area contributed by atoms with Gasteiger partial charge in [-0.1, -0.05) is 48.5 Å². The van der Waals surface area contributed by atoms with Gasteiger partial charge in [0.25, 0.3) is 0 Å². The Morgan fingerprint density at radius 3 is 2.62 bits per heavy atom. The molecule has 1 atom stereocenters. The number of rotatable bonds is 7. The first-order valence-corrected chi connectivity index (χ1v) is 10.6. The van der Waals surface area contributed by atoms with Crippen molar-refractivity contribution in [1.82, 2.24) is 14.9 Å². The van der Waals surface area contributed by atoms with Gasteiger partial charge >= 0.3 is 0 Å². The minimum atomic E-state index is -0.256. The predicted molar refractivity (Wildman–Crippen MR) is 123 cm³/mol. The highest BCUT2D eigenvalue weighted by atomic mass is 16.5. The zero-order valence-corrected chi connectivity index (χ0v) is 17.7. The fraction of sp³-hybridized carbons (Fsp3) is 0.154. The van der Waals surface area contributed by atoms with E-state index in [0.29, 0.717) is 5.82 Å². The number of furan rings is 1. The van der Waals surface area contributed by atoms with Gasteiger partial charge in [0.15, 0.2) is 0 Å². The summed E-state index contributed by atoms with van der Waals surface area (Å²) in [6, 6.07) is 26.9. The van der Waals surface area contributed by atoms with Crippen LogP contribution in [0.2, 0.25) is 0 Å². The third-order valence-corrected chi connectivity index (χ3v) is 5.40. The van der Waals surface area contributed by atoms with Gasteiger partial charge in [0, 0.05) is 5.39 Å². The van der Waals surface area contributed by atoms with Gasteiger partial charge in [-0.2, -0.15) is 0 Å². The molecule has 5 rings (SSSR count). The summed E-state index contributed by atoms with van der Waals surface area (Å²) in [6.07, 6.45) is 0. The second-order valence-corrected chi connectivity index (χ2v) is 7.68. The number of para-hydroxylation sites is 4. The number of nitrogens with one attached hydrogen (secondary N) is 1. The summed E-state index contributed by atoms with van der Waals surface area (Å²) in [5.41, 5.74) is 2.53. The maximum atomic E-state index is 12.9. The standard InChI is InChI=1S/C26H23N3O3/c1-18(24-15-19-9-5-8-14-23(19)32-24)27-26(30)16-29-22-13-7-6-12-21(22)28-25(29)17-31-20-10-3-2-4-11-20/h2-15,18H,16-17H2,1H3,(H,27,30)/t18-/m1/s1. The first kappa shape index (κ1) is 19.9. The van der Waals surface area contributed by atoms with E-state index < -0.39 is 0 Å². The van der Waals surface area contributed by atoms with Gasteiger partial charge in [-0.3, -0.25) is 4.79 Å². The molecule has 160 valence electrons. The summed E-state index contributed by atoms with van der Waals surface area (Å²) in [6.45, 7) is 2.32. The molecule has 0 spiro atoms. The molecule has 0 aliphatic rings. The largest absolute Gasteiger partial charge is 0.486 e. The number of ether oxygens (including phenoxy) is 1. The molecule has 0 radical (unpaired) electrons. The monoisotopic (exact) mass is 425 g/mol. The lowest BCUT2D eigenvalue weighted by Crippen LogP contribution is -2.30. The number of imidazole rings is 1. The van der Waals surface area contributed by atoms with Gasteiger partial charge in [-0.05, 0) is 43.3 Å². The molecule has 3 aromatic carbocycles. The summed E-state index contributed by atoms with van der Waals surface area (Å²) >= 11 is 0. The Morgan fingerprint density at radius 1 is 1.03 bits per heavy atom. The first-order chi connectivity index (χ1) is 15.7. The van der Waals surface area contributed by atoms with Crippen LogP contribution in [0.25, 0.3) is 22.0 Å². The number of hydrogen-bond acceptors (Lipinski definition) is 4. The Morgan fingerprint density at radius 2 is 1.78 bits per heavy atom. The lowest BCUT2D eigenvalue weighted by molar-refractivity contribution is -0.122. The molecule has 1 N–H and O–H groups in total. The fourth-order valence-electron chi connectivity index (χ4n) is 3.79. The molecule has 0 saturated carbocycles. The van der Waals surface area contributed by atoms with Crippen LogP contribution in [0.5, 0.6) is 5.75 Å². The lowest BCUT2D eigenvalue weighted by atomic mass is 10.2. The van der Waals surface area contributed by atoms with E-state index in [1.807, 2.05) is 96.4 Å². The van der Waals surface area contributed by atoms with Crippen molar-refractivity contribution in [3.8, 4) is 5.75 Å². The minimum absolute atomic E-state index is 0.123. The van der Waals surface area contributed by atoms with Crippen molar-refractivity contribution in [1.29, 1.82) is 0 Å². The maximum Gasteiger partial charge on any atom is 0.240 e. The van der Waals surface area contributed by atoms with E-state index >= 15 is 0 Å². The zero-order valence-electron chi connectivity index (χ0n) is 17.7. The highest BCUT2D eigenvalue weighted by Crippen LogP contribution is 2.24. The molecule has 5 aromatic rings. The van der Waals surface area contributed by atoms with Crippen molar-refractivity contribution in [3.63, 3.8) is 0 Å². The molecule has 0 bridgehead atoms. The number of hydrogen-bond donors (Lipinski definition) is 1. The summed E-state index contributed by atoms with van der Waals surface area (Å²) in [4.78, 5) is 17.6. The van der Waals surface area contributed by atoms with Gasteiger partial charge < -0.3 is 19.0 Å². The number of amides is 1. The SMILES string of the molecule is C[C@@H](NC(=O)Cn1c(COc2ccccc2)nc2ccccc21)c1cc2ccccc2o1. The summed E-state index contributed by atoms with van der Waals surface area (Å²) in [5, 5.41) is 4.06. The minimum Gasteiger partial charge on any atom is -0.486 e. The number of carbonyl (C=O) groups excluding carboxylic acids is 1. The Kier molecular flexibility index (Phi) is 5.34. The van der Waals surface area contributed by atoms with E-state index in [-0.39, 0.29) is 25.1 Å². The van der Waals surface area contributed by atoms with Crippen molar-refractivity contribution < 1.29 is 13.9 Å². The van der Waals surface area contributed by atoms with Crippen LogP contribution in [0, 0.1) is 0 Å². The van der Waals surface area contributed by atoms with Crippen molar-refractivity contribution in [2.24, 2.45) is 0 Å². The molecule has 0 fully saturated rings. The van der Waals surface area contributed by atoms with Gasteiger partial charge in [-0.25, -0.2) is 4.98 Å². The van der Waals surface area contributed by atoms with E-state index in [2.05, 4.69) is 10.3 Å². The summed E-state index contributed by atoms with van der Waals surface area (Å²) in [7, 11) is 0. The quantitative estimate of drug-likeness (QED) is 0.387. The third-order valence-electron chi connectivity index (χ3n) is 5.40. The predicted octanol–water partition coefficient (Wildman–Crippen LogP) is 5.24. The molecule has 2 heterocycles. The van der Waals surface area contributed by atoms with Crippen LogP contribution in [0.3, 0.4) is 0 Å². The molecule has 0 saturated heterocycles. The van der Waals surface area contributed by atoms with E-state index in [0.717, 1.165) is 33.5 Å². The molecule has 0 aliphatic heterocycles. The highest BCUT2D eigenvalue weighted by molar-refractivity contribution is 5.82.